The molecule has 0 spiro atoms. The second-order valence-electron chi connectivity index (χ2n) is 5.26. The molecule has 5 heteroatoms. The van der Waals surface area contributed by atoms with Gasteiger partial charge in [0.2, 0.25) is 0 Å². The van der Waals surface area contributed by atoms with Crippen molar-refractivity contribution in [3.63, 3.8) is 0 Å². The van der Waals surface area contributed by atoms with Gasteiger partial charge in [0.05, 0.1) is 17.6 Å². The van der Waals surface area contributed by atoms with Crippen LogP contribution in [0, 0.1) is 16.0 Å². The molecule has 1 aromatic rings. The first-order valence-corrected chi connectivity index (χ1v) is 6.72. The summed E-state index contributed by atoms with van der Waals surface area (Å²) in [6.07, 6.45) is 5.12. The van der Waals surface area contributed by atoms with Crippen LogP contribution in [0.25, 0.3) is 0 Å². The topological polar surface area (TPSA) is 78.4 Å². The molecular weight excluding hydrogens is 244 g/mol. The summed E-state index contributed by atoms with van der Waals surface area (Å²) in [6, 6.07) is 4.78. The molecule has 1 aromatic carbocycles. The second-order valence-corrected chi connectivity index (χ2v) is 5.26. The number of rotatable bonds is 4. The molecule has 5 nitrogen and oxygen atoms in total. The molecule has 0 aromatic heterocycles. The molecule has 0 saturated heterocycles. The van der Waals surface area contributed by atoms with Crippen molar-refractivity contribution in [1.82, 2.24) is 0 Å². The molecule has 2 atom stereocenters. The molecule has 104 valence electrons. The summed E-state index contributed by atoms with van der Waals surface area (Å²) in [5, 5.41) is 10.7. The van der Waals surface area contributed by atoms with E-state index in [-0.39, 0.29) is 11.4 Å². The number of benzene rings is 1. The van der Waals surface area contributed by atoms with Gasteiger partial charge in [0, 0.05) is 6.07 Å². The van der Waals surface area contributed by atoms with E-state index < -0.39 is 4.92 Å². The molecule has 1 aliphatic rings. The van der Waals surface area contributed by atoms with Crippen molar-refractivity contribution in [2.45, 2.75) is 45.3 Å². The zero-order valence-corrected chi connectivity index (χ0v) is 11.2. The van der Waals surface area contributed by atoms with Gasteiger partial charge in [0.15, 0.2) is 0 Å². The van der Waals surface area contributed by atoms with Crippen LogP contribution in [-0.4, -0.2) is 11.0 Å². The first-order valence-electron chi connectivity index (χ1n) is 6.72. The molecule has 2 unspecified atom stereocenters. The molecule has 2 N–H and O–H groups in total. The predicted molar refractivity (Wildman–Crippen MR) is 73.7 cm³/mol. The second kappa shape index (κ2) is 6.02. The number of ether oxygens (including phenoxy) is 1. The van der Waals surface area contributed by atoms with Crippen LogP contribution in [0.1, 0.15) is 38.2 Å². The Bertz CT molecular complexity index is 462. The van der Waals surface area contributed by atoms with Gasteiger partial charge in [0.25, 0.3) is 5.69 Å². The van der Waals surface area contributed by atoms with Crippen molar-refractivity contribution >= 4 is 11.4 Å². The summed E-state index contributed by atoms with van der Waals surface area (Å²) in [6.45, 7) is 2.69. The maximum absolute atomic E-state index is 10.7. The lowest BCUT2D eigenvalue weighted by Gasteiger charge is -2.28. The van der Waals surface area contributed by atoms with Crippen molar-refractivity contribution in [2.24, 2.45) is 5.92 Å². The number of nitrogens with two attached hydrogens (primary N) is 1. The van der Waals surface area contributed by atoms with Crippen LogP contribution < -0.4 is 5.73 Å². The average Bonchev–Trinajstić information content (AvgIpc) is 2.37. The first kappa shape index (κ1) is 13.8. The molecule has 1 saturated carbocycles. The monoisotopic (exact) mass is 264 g/mol. The Hall–Kier alpha value is -1.62. The van der Waals surface area contributed by atoms with Crippen LogP contribution >= 0.6 is 0 Å². The number of nitrogens with zero attached hydrogens (tertiary/aromatic N) is 1. The number of nitrogen functional groups attached to an aromatic ring is 1. The third kappa shape index (κ3) is 3.44. The van der Waals surface area contributed by atoms with Gasteiger partial charge in [-0.1, -0.05) is 19.8 Å². The fourth-order valence-electron chi connectivity index (χ4n) is 2.59. The SMILES string of the molecule is CC1CCCCC1OCc1ccc([N+](=O)[O-])c(N)c1. The van der Waals surface area contributed by atoms with Gasteiger partial charge in [-0.2, -0.15) is 0 Å². The molecular formula is C14H20N2O3. The smallest absolute Gasteiger partial charge is 0.292 e. The lowest BCUT2D eigenvalue weighted by molar-refractivity contribution is -0.383. The summed E-state index contributed by atoms with van der Waals surface area (Å²) < 4.78 is 5.91. The predicted octanol–water partition coefficient (Wildman–Crippen LogP) is 3.27. The molecule has 1 aliphatic carbocycles. The minimum Gasteiger partial charge on any atom is -0.393 e. The van der Waals surface area contributed by atoms with Crippen LogP contribution in [-0.2, 0) is 11.3 Å². The van der Waals surface area contributed by atoms with Crippen LogP contribution in [0.15, 0.2) is 18.2 Å². The van der Waals surface area contributed by atoms with Gasteiger partial charge in [-0.05, 0) is 36.5 Å². The van der Waals surface area contributed by atoms with E-state index in [0.29, 0.717) is 18.6 Å². The lowest BCUT2D eigenvalue weighted by Crippen LogP contribution is -2.25. The Labute approximate surface area is 112 Å². The number of hydrogen-bond acceptors (Lipinski definition) is 4. The highest BCUT2D eigenvalue weighted by Crippen LogP contribution is 2.28. The Morgan fingerprint density at radius 2 is 2.16 bits per heavy atom. The zero-order valence-electron chi connectivity index (χ0n) is 11.2. The van der Waals surface area contributed by atoms with Gasteiger partial charge in [0.1, 0.15) is 5.69 Å². The summed E-state index contributed by atoms with van der Waals surface area (Å²) >= 11 is 0. The number of nitro groups is 1. The third-order valence-corrected chi connectivity index (χ3v) is 3.79. The maximum Gasteiger partial charge on any atom is 0.292 e. The van der Waals surface area contributed by atoms with Gasteiger partial charge in [-0.25, -0.2) is 0 Å². The maximum atomic E-state index is 10.7. The van der Waals surface area contributed by atoms with Gasteiger partial charge < -0.3 is 10.5 Å². The molecule has 1 fully saturated rings. The number of nitro benzene ring substituents is 1. The van der Waals surface area contributed by atoms with E-state index in [0.717, 1.165) is 12.0 Å². The highest BCUT2D eigenvalue weighted by Gasteiger charge is 2.22. The van der Waals surface area contributed by atoms with E-state index in [1.54, 1.807) is 12.1 Å². The highest BCUT2D eigenvalue weighted by atomic mass is 16.6. The van der Waals surface area contributed by atoms with E-state index in [9.17, 15) is 10.1 Å². The van der Waals surface area contributed by atoms with Crippen molar-refractivity contribution in [1.29, 1.82) is 0 Å². The van der Waals surface area contributed by atoms with Crippen molar-refractivity contribution in [3.05, 3.63) is 33.9 Å². The Kier molecular flexibility index (Phi) is 4.37. The van der Waals surface area contributed by atoms with Gasteiger partial charge >= 0.3 is 0 Å². The molecule has 0 radical (unpaired) electrons. The van der Waals surface area contributed by atoms with Crippen molar-refractivity contribution < 1.29 is 9.66 Å². The quantitative estimate of drug-likeness (QED) is 0.514. The number of hydrogen-bond donors (Lipinski definition) is 1. The minimum absolute atomic E-state index is 0.0465. The van der Waals surface area contributed by atoms with Crippen molar-refractivity contribution in [3.8, 4) is 0 Å². The van der Waals surface area contributed by atoms with E-state index >= 15 is 0 Å². The van der Waals surface area contributed by atoms with Crippen LogP contribution in [0.2, 0.25) is 0 Å². The van der Waals surface area contributed by atoms with Crippen molar-refractivity contribution in [2.75, 3.05) is 5.73 Å². The highest BCUT2D eigenvalue weighted by molar-refractivity contribution is 5.59. The standard InChI is InChI=1S/C14H20N2O3/c1-10-4-2-3-5-14(10)19-9-11-6-7-13(16(17)18)12(15)8-11/h6-8,10,14H,2-5,9,15H2,1H3. The molecule has 2 rings (SSSR count). The van der Waals surface area contributed by atoms with E-state index in [4.69, 9.17) is 10.5 Å². The fourth-order valence-corrected chi connectivity index (χ4v) is 2.59. The molecule has 0 heterocycles. The first-order chi connectivity index (χ1) is 9.08. The molecule has 0 aliphatic heterocycles. The molecule has 19 heavy (non-hydrogen) atoms. The lowest BCUT2D eigenvalue weighted by atomic mass is 9.88. The van der Waals surface area contributed by atoms with Crippen LogP contribution in [0.5, 0.6) is 0 Å². The Morgan fingerprint density at radius 1 is 1.42 bits per heavy atom. The number of anilines is 1. The largest absolute Gasteiger partial charge is 0.393 e. The van der Waals surface area contributed by atoms with E-state index in [1.165, 1.54) is 25.3 Å². The van der Waals surface area contributed by atoms with E-state index in [1.807, 2.05) is 0 Å². The minimum atomic E-state index is -0.469. The summed E-state index contributed by atoms with van der Waals surface area (Å²) in [5.74, 6) is 0.587. The normalized spacial score (nSPS) is 23.2. The van der Waals surface area contributed by atoms with Gasteiger partial charge in [-0.3, -0.25) is 10.1 Å². The van der Waals surface area contributed by atoms with Crippen LogP contribution in [0.3, 0.4) is 0 Å². The average molecular weight is 264 g/mol. The third-order valence-electron chi connectivity index (χ3n) is 3.79. The Morgan fingerprint density at radius 3 is 2.79 bits per heavy atom. The Balaban J connectivity index is 1.96. The molecule has 0 bridgehead atoms. The molecule has 0 amide bonds. The van der Waals surface area contributed by atoms with E-state index in [2.05, 4.69) is 6.92 Å². The zero-order chi connectivity index (χ0) is 13.8. The van der Waals surface area contributed by atoms with Crippen LogP contribution in [0.4, 0.5) is 11.4 Å². The summed E-state index contributed by atoms with van der Waals surface area (Å²) in [5.41, 5.74) is 6.70. The van der Waals surface area contributed by atoms with Gasteiger partial charge in [-0.15, -0.1) is 0 Å². The fraction of sp³-hybridized carbons (Fsp3) is 0.571. The summed E-state index contributed by atoms with van der Waals surface area (Å²) in [7, 11) is 0. The summed E-state index contributed by atoms with van der Waals surface area (Å²) in [4.78, 5) is 10.2.